The van der Waals surface area contributed by atoms with Gasteiger partial charge in [0.2, 0.25) is 0 Å². The van der Waals surface area contributed by atoms with Crippen molar-refractivity contribution in [1.82, 2.24) is 10.2 Å². The van der Waals surface area contributed by atoms with E-state index in [0.717, 1.165) is 18.3 Å². The zero-order valence-electron chi connectivity index (χ0n) is 9.37. The first-order valence-corrected chi connectivity index (χ1v) is 7.07. The fraction of sp³-hybridized carbons (Fsp3) is 0.909. The van der Waals surface area contributed by atoms with Gasteiger partial charge in [-0.05, 0) is 38.9 Å². The molecule has 0 amide bonds. The van der Waals surface area contributed by atoms with Crippen molar-refractivity contribution < 1.29 is 0 Å². The van der Waals surface area contributed by atoms with E-state index in [1.54, 1.807) is 0 Å². The monoisotopic (exact) mass is 227 g/mol. The van der Waals surface area contributed by atoms with Crippen molar-refractivity contribution in [1.29, 1.82) is 0 Å². The topological polar surface area (TPSA) is 27.6 Å². The van der Waals surface area contributed by atoms with Gasteiger partial charge in [0, 0.05) is 12.3 Å². The van der Waals surface area contributed by atoms with Crippen LogP contribution in [0.3, 0.4) is 0 Å². The Morgan fingerprint density at radius 2 is 2.13 bits per heavy atom. The molecule has 1 fully saturated rings. The highest BCUT2D eigenvalue weighted by molar-refractivity contribution is 8.13. The van der Waals surface area contributed by atoms with Crippen molar-refractivity contribution in [3.63, 3.8) is 0 Å². The summed E-state index contributed by atoms with van der Waals surface area (Å²) in [7, 11) is 0. The van der Waals surface area contributed by atoms with E-state index in [2.05, 4.69) is 15.2 Å². The van der Waals surface area contributed by atoms with Crippen LogP contribution in [0, 0.1) is 0 Å². The lowest BCUT2D eigenvalue weighted by Gasteiger charge is -2.26. The number of likely N-dealkylation sites (tertiary alicyclic amines) is 1. The number of amidine groups is 1. The zero-order valence-corrected chi connectivity index (χ0v) is 10.2. The van der Waals surface area contributed by atoms with Gasteiger partial charge in [-0.3, -0.25) is 4.99 Å². The minimum absolute atomic E-state index is 0.967. The van der Waals surface area contributed by atoms with Crippen LogP contribution >= 0.6 is 11.8 Å². The third-order valence-electron chi connectivity index (χ3n) is 2.95. The lowest BCUT2D eigenvalue weighted by Crippen LogP contribution is -2.30. The number of hydrogen-bond donors (Lipinski definition) is 1. The van der Waals surface area contributed by atoms with Gasteiger partial charge in [0.05, 0.1) is 6.54 Å². The molecule has 0 atom stereocenters. The largest absolute Gasteiger partial charge is 0.363 e. The standard InChI is InChI=1S/C11H21N3S/c1-2-7-14(8-3-1)9-4-10-15-11-12-5-6-13-11/h1-10H2,(H,12,13). The first kappa shape index (κ1) is 11.3. The summed E-state index contributed by atoms with van der Waals surface area (Å²) in [4.78, 5) is 6.98. The van der Waals surface area contributed by atoms with Gasteiger partial charge in [-0.1, -0.05) is 18.2 Å². The Labute approximate surface area is 96.7 Å². The van der Waals surface area contributed by atoms with Gasteiger partial charge in [0.25, 0.3) is 0 Å². The Bertz CT molecular complexity index is 212. The Balaban J connectivity index is 1.50. The summed E-state index contributed by atoms with van der Waals surface area (Å²) in [6.45, 7) is 5.93. The molecule has 0 unspecified atom stereocenters. The summed E-state index contributed by atoms with van der Waals surface area (Å²) in [5.41, 5.74) is 0. The zero-order chi connectivity index (χ0) is 10.3. The van der Waals surface area contributed by atoms with Crippen molar-refractivity contribution >= 4 is 16.9 Å². The van der Waals surface area contributed by atoms with Gasteiger partial charge in [-0.15, -0.1) is 0 Å². The van der Waals surface area contributed by atoms with E-state index in [1.807, 2.05) is 11.8 Å². The molecule has 2 heterocycles. The molecule has 0 aliphatic carbocycles. The molecular formula is C11H21N3S. The van der Waals surface area contributed by atoms with Crippen LogP contribution in [0.15, 0.2) is 4.99 Å². The van der Waals surface area contributed by atoms with Crippen LogP contribution in [0.2, 0.25) is 0 Å². The number of rotatable bonds is 4. The predicted octanol–water partition coefficient (Wildman–Crippen LogP) is 1.55. The van der Waals surface area contributed by atoms with Gasteiger partial charge in [-0.25, -0.2) is 0 Å². The van der Waals surface area contributed by atoms with Crippen molar-refractivity contribution in [3.05, 3.63) is 0 Å². The third-order valence-corrected chi connectivity index (χ3v) is 3.99. The molecule has 2 aliphatic heterocycles. The quantitative estimate of drug-likeness (QED) is 0.739. The van der Waals surface area contributed by atoms with Crippen molar-refractivity contribution in [2.75, 3.05) is 38.5 Å². The lowest BCUT2D eigenvalue weighted by molar-refractivity contribution is 0.230. The maximum atomic E-state index is 4.37. The maximum absolute atomic E-state index is 4.37. The van der Waals surface area contributed by atoms with Crippen LogP contribution in [0.5, 0.6) is 0 Å². The molecule has 0 aromatic heterocycles. The Kier molecular flexibility index (Phi) is 4.79. The first-order chi connectivity index (χ1) is 7.45. The van der Waals surface area contributed by atoms with E-state index in [4.69, 9.17) is 0 Å². The molecule has 86 valence electrons. The van der Waals surface area contributed by atoms with Crippen LogP contribution < -0.4 is 5.32 Å². The number of hydrogen-bond acceptors (Lipinski definition) is 4. The van der Waals surface area contributed by atoms with Crippen LogP contribution in [-0.4, -0.2) is 48.5 Å². The molecule has 0 spiro atoms. The van der Waals surface area contributed by atoms with Crippen LogP contribution in [0.4, 0.5) is 0 Å². The summed E-state index contributed by atoms with van der Waals surface area (Å²) >= 11 is 1.88. The van der Waals surface area contributed by atoms with Crippen LogP contribution in [0.1, 0.15) is 25.7 Å². The highest BCUT2D eigenvalue weighted by atomic mass is 32.2. The second-order valence-corrected chi connectivity index (χ2v) is 5.30. The highest BCUT2D eigenvalue weighted by Gasteiger charge is 2.10. The van der Waals surface area contributed by atoms with Gasteiger partial charge in [0.15, 0.2) is 5.17 Å². The van der Waals surface area contributed by atoms with Crippen LogP contribution in [-0.2, 0) is 0 Å². The SMILES string of the molecule is C1CCN(CCCSC2=NCCN2)CC1. The minimum Gasteiger partial charge on any atom is -0.363 e. The maximum Gasteiger partial charge on any atom is 0.156 e. The average Bonchev–Trinajstić information content (AvgIpc) is 2.79. The Morgan fingerprint density at radius 3 is 2.87 bits per heavy atom. The number of nitrogens with one attached hydrogen (secondary N) is 1. The molecule has 15 heavy (non-hydrogen) atoms. The Hall–Kier alpha value is -0.220. The van der Waals surface area contributed by atoms with Gasteiger partial charge in [0.1, 0.15) is 0 Å². The second kappa shape index (κ2) is 6.38. The molecule has 0 radical (unpaired) electrons. The minimum atomic E-state index is 0.967. The second-order valence-electron chi connectivity index (χ2n) is 4.22. The van der Waals surface area contributed by atoms with Crippen molar-refractivity contribution in [2.24, 2.45) is 4.99 Å². The van der Waals surface area contributed by atoms with E-state index in [9.17, 15) is 0 Å². The molecule has 2 aliphatic rings. The van der Waals surface area contributed by atoms with E-state index in [-0.39, 0.29) is 0 Å². The molecular weight excluding hydrogens is 206 g/mol. The smallest absolute Gasteiger partial charge is 0.156 e. The molecule has 1 N–H and O–H groups in total. The molecule has 0 saturated carbocycles. The first-order valence-electron chi connectivity index (χ1n) is 6.08. The summed E-state index contributed by atoms with van der Waals surface area (Å²) in [6.07, 6.45) is 5.54. The van der Waals surface area contributed by atoms with Crippen molar-refractivity contribution in [3.8, 4) is 0 Å². The number of piperidine rings is 1. The molecule has 1 saturated heterocycles. The molecule has 0 bridgehead atoms. The van der Waals surface area contributed by atoms with E-state index in [1.165, 1.54) is 51.1 Å². The predicted molar refractivity (Wildman–Crippen MR) is 67.7 cm³/mol. The molecule has 0 aromatic rings. The fourth-order valence-electron chi connectivity index (χ4n) is 2.11. The summed E-state index contributed by atoms with van der Waals surface area (Å²) in [6, 6.07) is 0. The molecule has 2 rings (SSSR count). The van der Waals surface area contributed by atoms with E-state index in [0.29, 0.717) is 0 Å². The van der Waals surface area contributed by atoms with E-state index >= 15 is 0 Å². The lowest BCUT2D eigenvalue weighted by atomic mass is 10.1. The van der Waals surface area contributed by atoms with Gasteiger partial charge >= 0.3 is 0 Å². The van der Waals surface area contributed by atoms with Crippen molar-refractivity contribution in [2.45, 2.75) is 25.7 Å². The normalized spacial score (nSPS) is 22.5. The van der Waals surface area contributed by atoms with Crippen LogP contribution in [0.25, 0.3) is 0 Å². The summed E-state index contributed by atoms with van der Waals surface area (Å²) < 4.78 is 0. The average molecular weight is 227 g/mol. The number of nitrogens with zero attached hydrogens (tertiary/aromatic N) is 2. The molecule has 3 nitrogen and oxygen atoms in total. The number of aliphatic imine (C=N–C) groups is 1. The number of thioether (sulfide) groups is 1. The summed E-state index contributed by atoms with van der Waals surface area (Å²) in [5, 5.41) is 4.46. The fourth-order valence-corrected chi connectivity index (χ4v) is 2.97. The molecule has 4 heteroatoms. The summed E-state index contributed by atoms with van der Waals surface area (Å²) in [5.74, 6) is 1.21. The molecule has 0 aromatic carbocycles. The third kappa shape index (κ3) is 4.03. The van der Waals surface area contributed by atoms with Gasteiger partial charge in [-0.2, -0.15) is 0 Å². The Morgan fingerprint density at radius 1 is 1.27 bits per heavy atom. The highest BCUT2D eigenvalue weighted by Crippen LogP contribution is 2.11. The van der Waals surface area contributed by atoms with E-state index < -0.39 is 0 Å². The van der Waals surface area contributed by atoms with Gasteiger partial charge < -0.3 is 10.2 Å².